The molecule has 32 heavy (non-hydrogen) atoms. The molecule has 1 aliphatic heterocycles. The van der Waals surface area contributed by atoms with E-state index in [2.05, 4.69) is 29.4 Å². The number of nitrogens with one attached hydrogen (secondary N) is 1. The topological polar surface area (TPSA) is 67.5 Å². The first-order valence-corrected chi connectivity index (χ1v) is 11.3. The molecule has 0 radical (unpaired) electrons. The SMILES string of the molecule is CCc1c(C(=O)NCc2ccc3c(c2)CCCN3C)c(=O)cc(C)n1Cc1ccc(C)o1. The number of hydrogen-bond donors (Lipinski definition) is 1. The molecule has 1 N–H and O–H groups in total. The average molecular weight is 434 g/mol. The standard InChI is InChI=1S/C26H31N3O3/c1-5-22-25(24(30)13-17(2)29(22)16-21-10-8-18(3)32-21)26(31)27-15-19-9-11-23-20(14-19)7-6-12-28(23)4/h8-11,13-14H,5-7,12,15-16H2,1-4H3,(H,27,31). The highest BCUT2D eigenvalue weighted by atomic mass is 16.3. The van der Waals surface area contributed by atoms with E-state index in [0.29, 0.717) is 19.5 Å². The summed E-state index contributed by atoms with van der Waals surface area (Å²) < 4.78 is 7.73. The maximum absolute atomic E-state index is 13.1. The van der Waals surface area contributed by atoms with Gasteiger partial charge in [0.1, 0.15) is 17.1 Å². The Kier molecular flexibility index (Phi) is 6.21. The third-order valence-electron chi connectivity index (χ3n) is 6.25. The lowest BCUT2D eigenvalue weighted by atomic mass is 9.99. The molecule has 168 valence electrons. The molecule has 2 aromatic heterocycles. The minimum atomic E-state index is -0.328. The van der Waals surface area contributed by atoms with Gasteiger partial charge >= 0.3 is 0 Å². The van der Waals surface area contributed by atoms with Crippen LogP contribution in [-0.4, -0.2) is 24.1 Å². The van der Waals surface area contributed by atoms with Crippen molar-refractivity contribution in [3.8, 4) is 0 Å². The number of fused-ring (bicyclic) bond motifs is 1. The Bertz CT molecular complexity index is 1210. The zero-order valence-corrected chi connectivity index (χ0v) is 19.3. The molecule has 0 aliphatic carbocycles. The fourth-order valence-corrected chi connectivity index (χ4v) is 4.61. The van der Waals surface area contributed by atoms with E-state index in [1.807, 2.05) is 43.5 Å². The Balaban J connectivity index is 1.58. The first kappa shape index (κ1) is 21.9. The molecule has 0 spiro atoms. The summed E-state index contributed by atoms with van der Waals surface area (Å²) in [5.41, 5.74) is 5.14. The van der Waals surface area contributed by atoms with Gasteiger partial charge in [-0.25, -0.2) is 0 Å². The van der Waals surface area contributed by atoms with E-state index >= 15 is 0 Å². The fourth-order valence-electron chi connectivity index (χ4n) is 4.61. The van der Waals surface area contributed by atoms with Gasteiger partial charge in [-0.3, -0.25) is 9.59 Å². The van der Waals surface area contributed by atoms with E-state index < -0.39 is 0 Å². The van der Waals surface area contributed by atoms with Crippen LogP contribution in [0, 0.1) is 13.8 Å². The fraction of sp³-hybridized carbons (Fsp3) is 0.385. The van der Waals surface area contributed by atoms with Gasteiger partial charge in [0.2, 0.25) is 0 Å². The van der Waals surface area contributed by atoms with Crippen LogP contribution in [0.5, 0.6) is 0 Å². The van der Waals surface area contributed by atoms with Gasteiger partial charge in [-0.2, -0.15) is 0 Å². The van der Waals surface area contributed by atoms with E-state index in [0.717, 1.165) is 47.9 Å². The van der Waals surface area contributed by atoms with E-state index in [-0.39, 0.29) is 16.9 Å². The highest BCUT2D eigenvalue weighted by Crippen LogP contribution is 2.26. The van der Waals surface area contributed by atoms with Crippen LogP contribution in [-0.2, 0) is 25.9 Å². The second kappa shape index (κ2) is 9.07. The highest BCUT2D eigenvalue weighted by Gasteiger charge is 2.20. The minimum absolute atomic E-state index is 0.221. The maximum atomic E-state index is 13.1. The van der Waals surface area contributed by atoms with E-state index in [1.165, 1.54) is 11.3 Å². The molecule has 4 rings (SSSR count). The van der Waals surface area contributed by atoms with Gasteiger partial charge in [-0.15, -0.1) is 0 Å². The molecule has 6 heteroatoms. The number of furan rings is 1. The normalized spacial score (nSPS) is 13.2. The lowest BCUT2D eigenvalue weighted by molar-refractivity contribution is 0.0947. The van der Waals surface area contributed by atoms with Crippen LogP contribution in [0.1, 0.15) is 57.7 Å². The number of nitrogens with zero attached hydrogens (tertiary/aromatic N) is 2. The molecule has 6 nitrogen and oxygen atoms in total. The van der Waals surface area contributed by atoms with E-state index in [1.54, 1.807) is 6.07 Å². The lowest BCUT2D eigenvalue weighted by Gasteiger charge is -2.27. The molecule has 3 aromatic rings. The van der Waals surface area contributed by atoms with Crippen molar-refractivity contribution in [2.45, 2.75) is 53.1 Å². The van der Waals surface area contributed by atoms with Gasteiger partial charge in [-0.05, 0) is 62.4 Å². The smallest absolute Gasteiger partial charge is 0.257 e. The number of anilines is 1. The number of aryl methyl sites for hydroxylation is 3. The average Bonchev–Trinajstić information content (AvgIpc) is 3.18. The Hall–Kier alpha value is -3.28. The predicted octanol–water partition coefficient (Wildman–Crippen LogP) is 3.98. The van der Waals surface area contributed by atoms with Gasteiger partial charge in [0.15, 0.2) is 5.43 Å². The molecule has 1 aromatic carbocycles. The summed E-state index contributed by atoms with van der Waals surface area (Å²) in [5.74, 6) is 1.31. The monoisotopic (exact) mass is 433 g/mol. The molecule has 3 heterocycles. The van der Waals surface area contributed by atoms with Crippen LogP contribution < -0.4 is 15.6 Å². The van der Waals surface area contributed by atoms with Gasteiger partial charge in [-0.1, -0.05) is 19.1 Å². The van der Waals surface area contributed by atoms with Gasteiger partial charge in [0, 0.05) is 43.3 Å². The molecule has 1 aliphatic rings. The van der Waals surface area contributed by atoms with Crippen LogP contribution in [0.4, 0.5) is 5.69 Å². The van der Waals surface area contributed by atoms with Crippen molar-refractivity contribution < 1.29 is 9.21 Å². The summed E-state index contributed by atoms with van der Waals surface area (Å²) in [5, 5.41) is 2.97. The summed E-state index contributed by atoms with van der Waals surface area (Å²) in [4.78, 5) is 28.2. The van der Waals surface area contributed by atoms with Gasteiger partial charge in [0.05, 0.1) is 6.54 Å². The number of rotatable bonds is 6. The van der Waals surface area contributed by atoms with Crippen molar-refractivity contribution >= 4 is 11.6 Å². The number of amides is 1. The van der Waals surface area contributed by atoms with Crippen molar-refractivity contribution in [2.24, 2.45) is 0 Å². The number of carbonyl (C=O) groups is 1. The first-order chi connectivity index (χ1) is 15.4. The molecular weight excluding hydrogens is 402 g/mol. The number of carbonyl (C=O) groups excluding carboxylic acids is 1. The highest BCUT2D eigenvalue weighted by molar-refractivity contribution is 5.95. The number of hydrogen-bond acceptors (Lipinski definition) is 4. The third kappa shape index (κ3) is 4.35. The molecule has 0 bridgehead atoms. The molecule has 0 saturated heterocycles. The molecule has 0 saturated carbocycles. The Labute approximate surface area is 188 Å². The van der Waals surface area contributed by atoms with Crippen molar-refractivity contribution in [1.82, 2.24) is 9.88 Å². The first-order valence-electron chi connectivity index (χ1n) is 11.3. The number of benzene rings is 1. The molecule has 0 atom stereocenters. The van der Waals surface area contributed by atoms with Crippen LogP contribution in [0.15, 0.2) is 45.6 Å². The predicted molar refractivity (Wildman–Crippen MR) is 127 cm³/mol. The van der Waals surface area contributed by atoms with Gasteiger partial charge in [0.25, 0.3) is 5.91 Å². The zero-order valence-electron chi connectivity index (χ0n) is 19.3. The second-order valence-corrected chi connectivity index (χ2v) is 8.59. The summed E-state index contributed by atoms with van der Waals surface area (Å²) in [6.45, 7) is 7.71. The van der Waals surface area contributed by atoms with E-state index in [4.69, 9.17) is 4.42 Å². The summed E-state index contributed by atoms with van der Waals surface area (Å²) in [6.07, 6.45) is 2.76. The molecule has 1 amide bonds. The zero-order chi connectivity index (χ0) is 22.8. The van der Waals surface area contributed by atoms with Crippen LogP contribution in [0.2, 0.25) is 0 Å². The molecular formula is C26H31N3O3. The Morgan fingerprint density at radius 1 is 1.16 bits per heavy atom. The van der Waals surface area contributed by atoms with Crippen LogP contribution >= 0.6 is 0 Å². The molecule has 0 fully saturated rings. The maximum Gasteiger partial charge on any atom is 0.257 e. The summed E-state index contributed by atoms with van der Waals surface area (Å²) in [7, 11) is 2.11. The lowest BCUT2D eigenvalue weighted by Crippen LogP contribution is -2.32. The van der Waals surface area contributed by atoms with E-state index in [9.17, 15) is 9.59 Å². The quantitative estimate of drug-likeness (QED) is 0.639. The minimum Gasteiger partial charge on any atom is -0.464 e. The number of aromatic nitrogens is 1. The summed E-state index contributed by atoms with van der Waals surface area (Å²) >= 11 is 0. The van der Waals surface area contributed by atoms with Crippen LogP contribution in [0.3, 0.4) is 0 Å². The summed E-state index contributed by atoms with van der Waals surface area (Å²) in [6, 6.07) is 11.7. The Morgan fingerprint density at radius 2 is 1.97 bits per heavy atom. The van der Waals surface area contributed by atoms with Crippen molar-refractivity contribution in [3.63, 3.8) is 0 Å². The van der Waals surface area contributed by atoms with Crippen molar-refractivity contribution in [3.05, 3.63) is 86.2 Å². The third-order valence-corrected chi connectivity index (χ3v) is 6.25. The largest absolute Gasteiger partial charge is 0.464 e. The Morgan fingerprint density at radius 3 is 2.69 bits per heavy atom. The van der Waals surface area contributed by atoms with Crippen molar-refractivity contribution in [1.29, 1.82) is 0 Å². The van der Waals surface area contributed by atoms with Crippen molar-refractivity contribution in [2.75, 3.05) is 18.5 Å². The van der Waals surface area contributed by atoms with Gasteiger partial charge < -0.3 is 19.2 Å². The molecule has 0 unspecified atom stereocenters. The number of pyridine rings is 1. The second-order valence-electron chi connectivity index (χ2n) is 8.59. The van der Waals surface area contributed by atoms with Crippen LogP contribution in [0.25, 0.3) is 0 Å².